The van der Waals surface area contributed by atoms with Crippen LogP contribution in [0.15, 0.2) is 82.9 Å². The number of carbonyl (C=O) groups excluding carboxylic acids is 1. The number of unbranched alkanes of at least 4 members (excludes halogenated alkanes) is 9. The van der Waals surface area contributed by atoms with Gasteiger partial charge >= 0.3 is 5.97 Å². The molecule has 0 bridgehead atoms. The summed E-state index contributed by atoms with van der Waals surface area (Å²) in [6, 6.07) is 13.0. The summed E-state index contributed by atoms with van der Waals surface area (Å²) in [6.45, 7) is 6.27. The van der Waals surface area contributed by atoms with Gasteiger partial charge in [-0.05, 0) is 68.3 Å². The minimum absolute atomic E-state index is 0.0202. The van der Waals surface area contributed by atoms with E-state index in [1.54, 1.807) is 38.1 Å². The first-order valence-electron chi connectivity index (χ1n) is 14.9. The molecule has 0 N–H and O–H groups in total. The molecule has 0 saturated carbocycles. The molecule has 1 aromatic rings. The van der Waals surface area contributed by atoms with Gasteiger partial charge in [-0.2, -0.15) is 15.8 Å². The summed E-state index contributed by atoms with van der Waals surface area (Å²) in [5.41, 5.74) is 1.92. The number of nitrogens with zero attached hydrogens (tertiary/aromatic N) is 4. The van der Waals surface area contributed by atoms with E-state index in [0.717, 1.165) is 24.1 Å². The molecule has 0 aliphatic carbocycles. The van der Waals surface area contributed by atoms with Gasteiger partial charge in [-0.25, -0.2) is 4.79 Å². The first kappa shape index (κ1) is 32.0. The second kappa shape index (κ2) is 16.0. The Hall–Kier alpha value is -4.54. The molecule has 0 unspecified atom stereocenters. The van der Waals surface area contributed by atoms with Crippen LogP contribution in [-0.2, 0) is 9.47 Å². The molecule has 3 rings (SSSR count). The summed E-state index contributed by atoms with van der Waals surface area (Å²) in [5, 5.41) is 28.3. The van der Waals surface area contributed by atoms with Crippen molar-refractivity contribution in [2.24, 2.45) is 0 Å². The molecular weight excluding hydrogens is 524 g/mol. The van der Waals surface area contributed by atoms with Crippen molar-refractivity contribution < 1.29 is 14.3 Å². The lowest BCUT2D eigenvalue weighted by molar-refractivity contribution is 0.0497. The average molecular weight is 565 g/mol. The first-order chi connectivity index (χ1) is 20.3. The molecule has 1 aromatic carbocycles. The molecular formula is C35H40N4O3. The van der Waals surface area contributed by atoms with E-state index in [0.29, 0.717) is 17.7 Å². The third-order valence-electron chi connectivity index (χ3n) is 7.36. The van der Waals surface area contributed by atoms with Crippen LogP contribution in [0.4, 0.5) is 5.69 Å². The molecule has 0 radical (unpaired) electrons. The third kappa shape index (κ3) is 8.73. The van der Waals surface area contributed by atoms with Crippen molar-refractivity contribution >= 4 is 11.7 Å². The number of esters is 1. The third-order valence-corrected chi connectivity index (χ3v) is 7.36. The highest BCUT2D eigenvalue weighted by Crippen LogP contribution is 2.41. The summed E-state index contributed by atoms with van der Waals surface area (Å²) in [6.07, 6.45) is 21.8. The lowest BCUT2D eigenvalue weighted by Gasteiger charge is -2.22. The van der Waals surface area contributed by atoms with Gasteiger partial charge in [0.25, 0.3) is 0 Å². The normalized spacial score (nSPS) is 15.1. The quantitative estimate of drug-likeness (QED) is 0.127. The number of allylic oxidation sites excluding steroid dienone is 5. The Morgan fingerprint density at radius 3 is 2.02 bits per heavy atom. The molecule has 2 aliphatic heterocycles. The van der Waals surface area contributed by atoms with Gasteiger partial charge in [-0.15, -0.1) is 0 Å². The Labute approximate surface area is 250 Å². The summed E-state index contributed by atoms with van der Waals surface area (Å²) in [4.78, 5) is 14.4. The van der Waals surface area contributed by atoms with Gasteiger partial charge in [0.15, 0.2) is 11.3 Å². The van der Waals surface area contributed by atoms with Crippen LogP contribution in [-0.4, -0.2) is 18.2 Å². The second-order valence-corrected chi connectivity index (χ2v) is 11.0. The minimum atomic E-state index is -0.872. The fourth-order valence-electron chi connectivity index (χ4n) is 4.92. The van der Waals surface area contributed by atoms with Gasteiger partial charge in [-0.1, -0.05) is 64.7 Å². The van der Waals surface area contributed by atoms with Crippen molar-refractivity contribution in [2.75, 3.05) is 11.5 Å². The van der Waals surface area contributed by atoms with Crippen molar-refractivity contribution in [2.45, 2.75) is 90.6 Å². The number of hydrogen-bond donors (Lipinski definition) is 0. The highest BCUT2D eigenvalue weighted by molar-refractivity contribution is 5.89. The Morgan fingerprint density at radius 1 is 0.905 bits per heavy atom. The lowest BCUT2D eigenvalue weighted by Crippen LogP contribution is -2.21. The fraction of sp³-hybridized carbons (Fsp3) is 0.429. The largest absolute Gasteiger partial charge is 0.480 e. The van der Waals surface area contributed by atoms with Crippen LogP contribution in [0.2, 0.25) is 0 Å². The SMILES string of the molecule is CCCCCCCCCCCCOC(=O)c1ccc(N2C=CC(=CC3=C(C#N)C(=C(C#N)C#N)OC3(C)C)C=C2)cc1. The van der Waals surface area contributed by atoms with E-state index >= 15 is 0 Å². The van der Waals surface area contributed by atoms with Crippen LogP contribution < -0.4 is 4.90 Å². The molecule has 218 valence electrons. The van der Waals surface area contributed by atoms with Gasteiger partial charge in [0.1, 0.15) is 29.4 Å². The van der Waals surface area contributed by atoms with Gasteiger partial charge in [0.05, 0.1) is 12.2 Å². The van der Waals surface area contributed by atoms with Crippen molar-refractivity contribution in [3.63, 3.8) is 0 Å². The molecule has 0 atom stereocenters. The maximum absolute atomic E-state index is 12.5. The van der Waals surface area contributed by atoms with E-state index in [-0.39, 0.29) is 22.9 Å². The Morgan fingerprint density at radius 2 is 1.48 bits per heavy atom. The molecule has 0 fully saturated rings. The van der Waals surface area contributed by atoms with Gasteiger partial charge in [0.2, 0.25) is 0 Å². The van der Waals surface area contributed by atoms with E-state index in [1.165, 1.54) is 51.4 Å². The fourth-order valence-corrected chi connectivity index (χ4v) is 4.92. The van der Waals surface area contributed by atoms with Crippen molar-refractivity contribution in [1.82, 2.24) is 0 Å². The van der Waals surface area contributed by atoms with E-state index in [9.17, 15) is 20.6 Å². The predicted octanol–water partition coefficient (Wildman–Crippen LogP) is 8.47. The van der Waals surface area contributed by atoms with Gasteiger partial charge < -0.3 is 14.4 Å². The zero-order valence-electron chi connectivity index (χ0n) is 25.0. The number of nitriles is 3. The first-order valence-corrected chi connectivity index (χ1v) is 14.9. The van der Waals surface area contributed by atoms with Crippen molar-refractivity contribution in [3.8, 4) is 18.2 Å². The van der Waals surface area contributed by atoms with Crippen LogP contribution in [0.1, 0.15) is 95.3 Å². The topological polar surface area (TPSA) is 110 Å². The summed E-state index contributed by atoms with van der Waals surface area (Å²) in [5.74, 6) is -0.286. The van der Waals surface area contributed by atoms with E-state index in [1.807, 2.05) is 47.7 Å². The molecule has 2 aliphatic rings. The average Bonchev–Trinajstić information content (AvgIpc) is 3.25. The minimum Gasteiger partial charge on any atom is -0.480 e. The van der Waals surface area contributed by atoms with Gasteiger partial charge in [-0.3, -0.25) is 0 Å². The van der Waals surface area contributed by atoms with E-state index in [4.69, 9.17) is 9.47 Å². The number of rotatable bonds is 14. The summed E-state index contributed by atoms with van der Waals surface area (Å²) < 4.78 is 11.3. The Bertz CT molecular complexity index is 1360. The van der Waals surface area contributed by atoms with Crippen LogP contribution in [0, 0.1) is 34.0 Å². The maximum Gasteiger partial charge on any atom is 0.338 e. The number of benzene rings is 1. The summed E-state index contributed by atoms with van der Waals surface area (Å²) in [7, 11) is 0. The van der Waals surface area contributed by atoms with Crippen molar-refractivity contribution in [3.05, 3.63) is 88.5 Å². The predicted molar refractivity (Wildman–Crippen MR) is 163 cm³/mol. The molecule has 0 saturated heterocycles. The molecule has 0 amide bonds. The lowest BCUT2D eigenvalue weighted by atomic mass is 9.93. The number of carbonyl (C=O) groups is 1. The maximum atomic E-state index is 12.5. The number of hydrogen-bond acceptors (Lipinski definition) is 7. The molecule has 7 heteroatoms. The number of ether oxygens (including phenoxy) is 2. The zero-order chi connectivity index (χ0) is 30.4. The van der Waals surface area contributed by atoms with Crippen LogP contribution in [0.25, 0.3) is 0 Å². The van der Waals surface area contributed by atoms with E-state index in [2.05, 4.69) is 13.0 Å². The highest BCUT2D eigenvalue weighted by Gasteiger charge is 2.39. The molecule has 7 nitrogen and oxygen atoms in total. The van der Waals surface area contributed by atoms with Crippen LogP contribution in [0.5, 0.6) is 0 Å². The van der Waals surface area contributed by atoms with Crippen molar-refractivity contribution in [1.29, 1.82) is 15.8 Å². The zero-order valence-corrected chi connectivity index (χ0v) is 25.0. The standard InChI is InChI=1S/C35H40N4O3/c1-4-5-6-7-8-9-10-11-12-13-22-41-34(40)28-14-16-30(17-15-28)39-20-18-27(19-21-39)23-32-31(26-38)33(29(24-36)25-37)42-35(32,2)3/h14-21,23H,4-13,22H2,1-3H3. The molecule has 42 heavy (non-hydrogen) atoms. The highest BCUT2D eigenvalue weighted by atomic mass is 16.5. The Kier molecular flexibility index (Phi) is 12.2. The number of anilines is 1. The smallest absolute Gasteiger partial charge is 0.338 e. The van der Waals surface area contributed by atoms with Crippen LogP contribution >= 0.6 is 0 Å². The monoisotopic (exact) mass is 564 g/mol. The molecule has 0 spiro atoms. The van der Waals surface area contributed by atoms with E-state index < -0.39 is 5.60 Å². The van der Waals surface area contributed by atoms with Crippen LogP contribution in [0.3, 0.4) is 0 Å². The Balaban J connectivity index is 1.50. The van der Waals surface area contributed by atoms with Gasteiger partial charge in [0, 0.05) is 23.7 Å². The molecule has 2 heterocycles. The summed E-state index contributed by atoms with van der Waals surface area (Å²) >= 11 is 0. The molecule has 0 aromatic heterocycles. The second-order valence-electron chi connectivity index (χ2n) is 11.0.